The Labute approximate surface area is 119 Å². The Kier molecular flexibility index (Phi) is 7.54. The number of nitrogens with one attached hydrogen (secondary N) is 1. The maximum Gasteiger partial charge on any atom is 0.213 e. The van der Waals surface area contributed by atoms with E-state index in [-0.39, 0.29) is 12.4 Å². The molecule has 1 N–H and O–H groups in total. The second kappa shape index (κ2) is 9.30. The maximum atomic E-state index is 5.49. The number of ether oxygens (including phenoxy) is 1. The largest absolute Gasteiger partial charge is 0.478 e. The van der Waals surface area contributed by atoms with Gasteiger partial charge in [0.2, 0.25) is 5.88 Å². The molecular formula is C14H18ClN3O. The van der Waals surface area contributed by atoms with Gasteiger partial charge in [-0.25, -0.2) is 4.98 Å². The van der Waals surface area contributed by atoms with E-state index in [4.69, 9.17) is 4.74 Å². The molecule has 0 aliphatic rings. The van der Waals surface area contributed by atoms with Crippen LogP contribution in [-0.2, 0) is 6.54 Å². The van der Waals surface area contributed by atoms with Gasteiger partial charge in [0.05, 0.1) is 12.3 Å². The molecule has 0 aliphatic carbocycles. The van der Waals surface area contributed by atoms with Gasteiger partial charge in [-0.15, -0.1) is 12.4 Å². The Morgan fingerprint density at radius 3 is 2.47 bits per heavy atom. The van der Waals surface area contributed by atoms with Gasteiger partial charge in [-0.2, -0.15) is 0 Å². The molecule has 102 valence electrons. The minimum absolute atomic E-state index is 0. The van der Waals surface area contributed by atoms with Gasteiger partial charge in [-0.05, 0) is 31.2 Å². The lowest BCUT2D eigenvalue weighted by molar-refractivity contribution is 0.296. The summed E-state index contributed by atoms with van der Waals surface area (Å²) in [5.41, 5.74) is 1.06. The van der Waals surface area contributed by atoms with Crippen molar-refractivity contribution in [2.45, 2.75) is 13.0 Å². The molecule has 0 saturated heterocycles. The van der Waals surface area contributed by atoms with Crippen molar-refractivity contribution in [2.75, 3.05) is 13.2 Å². The Morgan fingerprint density at radius 2 is 1.79 bits per heavy atom. The number of pyridine rings is 2. The molecule has 0 amide bonds. The zero-order chi connectivity index (χ0) is 12.5. The van der Waals surface area contributed by atoms with Crippen LogP contribution in [-0.4, -0.2) is 23.1 Å². The van der Waals surface area contributed by atoms with E-state index in [1.165, 1.54) is 0 Å². The summed E-state index contributed by atoms with van der Waals surface area (Å²) in [4.78, 5) is 8.33. The fraction of sp³-hybridized carbons (Fsp3) is 0.286. The van der Waals surface area contributed by atoms with Crippen LogP contribution >= 0.6 is 12.4 Å². The van der Waals surface area contributed by atoms with Crippen LogP contribution in [0.4, 0.5) is 0 Å². The number of hydrogen-bond donors (Lipinski definition) is 1. The van der Waals surface area contributed by atoms with Crippen molar-refractivity contribution in [3.05, 3.63) is 54.5 Å². The van der Waals surface area contributed by atoms with Crippen LogP contribution < -0.4 is 10.1 Å². The first-order chi connectivity index (χ1) is 8.95. The van der Waals surface area contributed by atoms with Crippen LogP contribution in [0.2, 0.25) is 0 Å². The summed E-state index contributed by atoms with van der Waals surface area (Å²) < 4.78 is 5.49. The van der Waals surface area contributed by atoms with Crippen LogP contribution in [0.3, 0.4) is 0 Å². The van der Waals surface area contributed by atoms with E-state index in [9.17, 15) is 0 Å². The standard InChI is InChI=1S/C14H17N3O.ClH/c1-3-9-16-13(6-1)12-15-8-5-11-18-14-7-2-4-10-17-14;/h1-4,6-7,9-10,15H,5,8,11-12H2;1H. The van der Waals surface area contributed by atoms with Gasteiger partial charge >= 0.3 is 0 Å². The molecule has 2 aromatic rings. The Morgan fingerprint density at radius 1 is 1.00 bits per heavy atom. The molecule has 2 heterocycles. The first kappa shape index (κ1) is 15.4. The molecule has 0 saturated carbocycles. The van der Waals surface area contributed by atoms with E-state index in [2.05, 4.69) is 15.3 Å². The van der Waals surface area contributed by atoms with Crippen LogP contribution in [0.25, 0.3) is 0 Å². The summed E-state index contributed by atoms with van der Waals surface area (Å²) in [6.07, 6.45) is 4.49. The predicted molar refractivity (Wildman–Crippen MR) is 77.5 cm³/mol. The molecule has 0 aliphatic heterocycles. The third-order valence-electron chi connectivity index (χ3n) is 2.42. The second-order valence-corrected chi connectivity index (χ2v) is 3.87. The molecule has 4 nitrogen and oxygen atoms in total. The lowest BCUT2D eigenvalue weighted by Crippen LogP contribution is -2.17. The Hall–Kier alpha value is -1.65. The van der Waals surface area contributed by atoms with Crippen molar-refractivity contribution in [3.8, 4) is 5.88 Å². The molecular weight excluding hydrogens is 262 g/mol. The quantitative estimate of drug-likeness (QED) is 0.791. The molecule has 19 heavy (non-hydrogen) atoms. The predicted octanol–water partition coefficient (Wildman–Crippen LogP) is 2.46. The molecule has 0 radical (unpaired) electrons. The SMILES string of the molecule is Cl.c1ccc(CNCCCOc2ccccn2)nc1. The van der Waals surface area contributed by atoms with E-state index >= 15 is 0 Å². The first-order valence-electron chi connectivity index (χ1n) is 6.09. The summed E-state index contributed by atoms with van der Waals surface area (Å²) in [6, 6.07) is 11.6. The van der Waals surface area contributed by atoms with Crippen molar-refractivity contribution in [2.24, 2.45) is 0 Å². The molecule has 0 unspecified atom stereocenters. The number of hydrogen-bond acceptors (Lipinski definition) is 4. The maximum absolute atomic E-state index is 5.49. The van der Waals surface area contributed by atoms with Gasteiger partial charge < -0.3 is 10.1 Å². The summed E-state index contributed by atoms with van der Waals surface area (Å²) in [5, 5.41) is 3.33. The minimum Gasteiger partial charge on any atom is -0.478 e. The zero-order valence-corrected chi connectivity index (χ0v) is 11.5. The molecule has 0 aromatic carbocycles. The average Bonchev–Trinajstić information content (AvgIpc) is 2.45. The summed E-state index contributed by atoms with van der Waals surface area (Å²) in [6.45, 7) is 2.38. The number of rotatable bonds is 7. The van der Waals surface area contributed by atoms with E-state index in [0.29, 0.717) is 12.5 Å². The normalized spacial score (nSPS) is 9.68. The Bertz CT molecular complexity index is 395. The van der Waals surface area contributed by atoms with Crippen LogP contribution in [0.1, 0.15) is 12.1 Å². The van der Waals surface area contributed by atoms with Gasteiger partial charge in [0.1, 0.15) is 0 Å². The molecule has 0 bridgehead atoms. The summed E-state index contributed by atoms with van der Waals surface area (Å²) in [5.74, 6) is 0.683. The highest BCUT2D eigenvalue weighted by molar-refractivity contribution is 5.85. The van der Waals surface area contributed by atoms with Gasteiger partial charge in [0.15, 0.2) is 0 Å². The molecule has 0 fully saturated rings. The van der Waals surface area contributed by atoms with Crippen molar-refractivity contribution in [1.82, 2.24) is 15.3 Å². The fourth-order valence-electron chi connectivity index (χ4n) is 1.53. The highest BCUT2D eigenvalue weighted by Gasteiger charge is 1.94. The highest BCUT2D eigenvalue weighted by Crippen LogP contribution is 2.03. The van der Waals surface area contributed by atoms with Gasteiger partial charge in [-0.3, -0.25) is 4.98 Å². The van der Waals surface area contributed by atoms with Crippen molar-refractivity contribution in [3.63, 3.8) is 0 Å². The van der Waals surface area contributed by atoms with Gasteiger partial charge in [0.25, 0.3) is 0 Å². The molecule has 2 rings (SSSR count). The lowest BCUT2D eigenvalue weighted by atomic mass is 10.3. The van der Waals surface area contributed by atoms with Crippen LogP contribution in [0, 0.1) is 0 Å². The fourth-order valence-corrected chi connectivity index (χ4v) is 1.53. The van der Waals surface area contributed by atoms with Crippen molar-refractivity contribution in [1.29, 1.82) is 0 Å². The average molecular weight is 280 g/mol. The monoisotopic (exact) mass is 279 g/mol. The third-order valence-corrected chi connectivity index (χ3v) is 2.42. The summed E-state index contributed by atoms with van der Waals surface area (Å²) in [7, 11) is 0. The zero-order valence-electron chi connectivity index (χ0n) is 10.7. The van der Waals surface area contributed by atoms with Gasteiger partial charge in [0, 0.05) is 25.0 Å². The molecule has 0 spiro atoms. The molecule has 2 aromatic heterocycles. The minimum atomic E-state index is 0. The molecule has 0 atom stereocenters. The van der Waals surface area contributed by atoms with E-state index in [1.54, 1.807) is 12.4 Å². The van der Waals surface area contributed by atoms with Crippen molar-refractivity contribution >= 4 is 12.4 Å². The van der Waals surface area contributed by atoms with E-state index in [0.717, 1.165) is 25.2 Å². The van der Waals surface area contributed by atoms with Crippen LogP contribution in [0.5, 0.6) is 5.88 Å². The molecule has 5 heteroatoms. The summed E-state index contributed by atoms with van der Waals surface area (Å²) >= 11 is 0. The van der Waals surface area contributed by atoms with Gasteiger partial charge in [-0.1, -0.05) is 12.1 Å². The lowest BCUT2D eigenvalue weighted by Gasteiger charge is -2.06. The van der Waals surface area contributed by atoms with Crippen molar-refractivity contribution < 1.29 is 4.74 Å². The van der Waals surface area contributed by atoms with E-state index < -0.39 is 0 Å². The van der Waals surface area contributed by atoms with Crippen LogP contribution in [0.15, 0.2) is 48.8 Å². The number of aromatic nitrogens is 2. The highest BCUT2D eigenvalue weighted by atomic mass is 35.5. The third kappa shape index (κ3) is 6.18. The first-order valence-corrected chi connectivity index (χ1v) is 6.09. The smallest absolute Gasteiger partial charge is 0.213 e. The van der Waals surface area contributed by atoms with E-state index in [1.807, 2.05) is 36.4 Å². The topological polar surface area (TPSA) is 47.0 Å². The second-order valence-electron chi connectivity index (χ2n) is 3.87. The number of nitrogens with zero attached hydrogens (tertiary/aromatic N) is 2. The Balaban J connectivity index is 0.00000180. The number of halogens is 1.